The quantitative estimate of drug-likeness (QED) is 0.711. The van der Waals surface area contributed by atoms with Crippen LogP contribution in [0.3, 0.4) is 0 Å². The highest BCUT2D eigenvalue weighted by molar-refractivity contribution is 6.13. The van der Waals surface area contributed by atoms with Gasteiger partial charge in [-0.3, -0.25) is 19.3 Å². The molecule has 0 aliphatic carbocycles. The first-order valence-electron chi connectivity index (χ1n) is 8.39. The molecule has 6 nitrogen and oxygen atoms in total. The maximum atomic E-state index is 12.7. The molecule has 0 spiro atoms. The average Bonchev–Trinajstić information content (AvgIpc) is 2.61. The zero-order chi connectivity index (χ0) is 19.1. The van der Waals surface area contributed by atoms with Crippen molar-refractivity contribution < 1.29 is 14.4 Å². The van der Waals surface area contributed by atoms with Gasteiger partial charge in [0.15, 0.2) is 5.78 Å². The zero-order valence-electron chi connectivity index (χ0n) is 14.9. The zero-order valence-corrected chi connectivity index (χ0v) is 14.9. The molecule has 6 heteroatoms. The summed E-state index contributed by atoms with van der Waals surface area (Å²) in [7, 11) is 0. The minimum Gasteiger partial charge on any atom is -0.369 e. The first-order chi connectivity index (χ1) is 12.4. The second kappa shape index (κ2) is 8.92. The maximum absolute atomic E-state index is 12.7. The third-order valence-corrected chi connectivity index (χ3v) is 3.92. The summed E-state index contributed by atoms with van der Waals surface area (Å²) >= 11 is 0. The van der Waals surface area contributed by atoms with Crippen molar-refractivity contribution >= 4 is 23.3 Å². The minimum absolute atomic E-state index is 0.00429. The minimum atomic E-state index is -0.494. The fourth-order valence-electron chi connectivity index (χ4n) is 2.53. The molecule has 0 bridgehead atoms. The van der Waals surface area contributed by atoms with E-state index in [-0.39, 0.29) is 30.8 Å². The highest BCUT2D eigenvalue weighted by atomic mass is 16.2. The smallest absolute Gasteiger partial charge is 0.238 e. The molecule has 136 valence electrons. The van der Waals surface area contributed by atoms with E-state index in [2.05, 4.69) is 5.32 Å². The van der Waals surface area contributed by atoms with Crippen molar-refractivity contribution in [2.75, 3.05) is 18.4 Å². The van der Waals surface area contributed by atoms with Crippen molar-refractivity contribution in [2.45, 2.75) is 19.9 Å². The van der Waals surface area contributed by atoms with Gasteiger partial charge in [-0.25, -0.2) is 0 Å². The number of nitrogens with one attached hydrogen (secondary N) is 1. The van der Waals surface area contributed by atoms with Gasteiger partial charge >= 0.3 is 0 Å². The molecule has 0 heterocycles. The van der Waals surface area contributed by atoms with Crippen molar-refractivity contribution in [3.63, 3.8) is 0 Å². The van der Waals surface area contributed by atoms with E-state index in [0.29, 0.717) is 16.8 Å². The van der Waals surface area contributed by atoms with Crippen LogP contribution in [0.25, 0.3) is 0 Å². The molecule has 0 fully saturated rings. The largest absolute Gasteiger partial charge is 0.369 e. The molecule has 0 unspecified atom stereocenters. The number of primary amides is 1. The standard InChI is InChI=1S/C20H23N3O3/c1-14(2)23(12-18(21)24)13-19(25)22-17-11-7-6-10-16(17)20(26)15-8-4-3-5-9-15/h3-11,14H,12-13H2,1-2H3,(H2,21,24)(H,22,25). The number of hydrogen-bond donors (Lipinski definition) is 2. The molecular formula is C20H23N3O3. The lowest BCUT2D eigenvalue weighted by Crippen LogP contribution is -2.43. The van der Waals surface area contributed by atoms with Crippen LogP contribution in [0.2, 0.25) is 0 Å². The summed E-state index contributed by atoms with van der Waals surface area (Å²) < 4.78 is 0. The van der Waals surface area contributed by atoms with E-state index in [9.17, 15) is 14.4 Å². The number of carbonyl (C=O) groups is 3. The predicted octanol–water partition coefficient (Wildman–Crippen LogP) is 2.05. The fourth-order valence-corrected chi connectivity index (χ4v) is 2.53. The SMILES string of the molecule is CC(C)N(CC(N)=O)CC(=O)Nc1ccccc1C(=O)c1ccccc1. The molecule has 0 aliphatic rings. The van der Waals surface area contributed by atoms with Crippen LogP contribution in [-0.2, 0) is 9.59 Å². The molecule has 0 saturated carbocycles. The molecule has 0 saturated heterocycles. The van der Waals surface area contributed by atoms with Crippen molar-refractivity contribution in [3.8, 4) is 0 Å². The van der Waals surface area contributed by atoms with Gasteiger partial charge in [-0.1, -0.05) is 42.5 Å². The van der Waals surface area contributed by atoms with Crippen LogP contribution in [0.15, 0.2) is 54.6 Å². The van der Waals surface area contributed by atoms with E-state index in [0.717, 1.165) is 0 Å². The van der Waals surface area contributed by atoms with Crippen molar-refractivity contribution in [1.82, 2.24) is 4.90 Å². The lowest BCUT2D eigenvalue weighted by molar-refractivity contribution is -0.121. The second-order valence-corrected chi connectivity index (χ2v) is 6.25. The summed E-state index contributed by atoms with van der Waals surface area (Å²) in [5.41, 5.74) is 6.63. The van der Waals surface area contributed by atoms with Crippen LogP contribution in [0.1, 0.15) is 29.8 Å². The van der Waals surface area contributed by atoms with E-state index >= 15 is 0 Å². The van der Waals surface area contributed by atoms with Gasteiger partial charge in [-0.05, 0) is 26.0 Å². The van der Waals surface area contributed by atoms with E-state index in [1.807, 2.05) is 19.9 Å². The van der Waals surface area contributed by atoms with E-state index in [4.69, 9.17) is 5.73 Å². The van der Waals surface area contributed by atoms with Crippen LogP contribution < -0.4 is 11.1 Å². The summed E-state index contributed by atoms with van der Waals surface area (Å²) in [6, 6.07) is 15.7. The molecule has 0 radical (unpaired) electrons. The van der Waals surface area contributed by atoms with Gasteiger partial charge in [-0.15, -0.1) is 0 Å². The normalized spacial score (nSPS) is 10.8. The molecule has 26 heavy (non-hydrogen) atoms. The number of carbonyl (C=O) groups excluding carboxylic acids is 3. The second-order valence-electron chi connectivity index (χ2n) is 6.25. The number of anilines is 1. The monoisotopic (exact) mass is 353 g/mol. The Kier molecular flexibility index (Phi) is 6.63. The summed E-state index contributed by atoms with van der Waals surface area (Å²) in [5.74, 6) is -0.973. The van der Waals surface area contributed by atoms with E-state index in [1.54, 1.807) is 53.4 Å². The highest BCUT2D eigenvalue weighted by Gasteiger charge is 2.18. The molecule has 3 N–H and O–H groups in total. The van der Waals surface area contributed by atoms with Crippen molar-refractivity contribution in [3.05, 3.63) is 65.7 Å². The van der Waals surface area contributed by atoms with Gasteiger partial charge in [0.25, 0.3) is 0 Å². The Morgan fingerprint density at radius 3 is 2.19 bits per heavy atom. The summed E-state index contributed by atoms with van der Waals surface area (Å²) in [4.78, 5) is 37.9. The van der Waals surface area contributed by atoms with Crippen LogP contribution in [0, 0.1) is 0 Å². The van der Waals surface area contributed by atoms with Gasteiger partial charge in [0.2, 0.25) is 11.8 Å². The Morgan fingerprint density at radius 2 is 1.58 bits per heavy atom. The molecule has 2 amide bonds. The van der Waals surface area contributed by atoms with Gasteiger partial charge < -0.3 is 11.1 Å². The third kappa shape index (κ3) is 5.26. The van der Waals surface area contributed by atoms with Crippen LogP contribution in [-0.4, -0.2) is 41.6 Å². The Balaban J connectivity index is 2.16. The van der Waals surface area contributed by atoms with Gasteiger partial charge in [0.1, 0.15) is 0 Å². The van der Waals surface area contributed by atoms with Crippen molar-refractivity contribution in [2.24, 2.45) is 5.73 Å². The molecule has 0 atom stereocenters. The number of nitrogens with two attached hydrogens (primary N) is 1. The Morgan fingerprint density at radius 1 is 0.962 bits per heavy atom. The van der Waals surface area contributed by atoms with Crippen LogP contribution in [0.5, 0.6) is 0 Å². The molecule has 2 rings (SSSR count). The first kappa shape index (κ1) is 19.3. The molecular weight excluding hydrogens is 330 g/mol. The molecule has 2 aromatic carbocycles. The maximum Gasteiger partial charge on any atom is 0.238 e. The predicted molar refractivity (Wildman–Crippen MR) is 101 cm³/mol. The molecule has 0 aromatic heterocycles. The molecule has 2 aromatic rings. The lowest BCUT2D eigenvalue weighted by atomic mass is 10.0. The van der Waals surface area contributed by atoms with Crippen LogP contribution in [0.4, 0.5) is 5.69 Å². The topological polar surface area (TPSA) is 92.5 Å². The number of hydrogen-bond acceptors (Lipinski definition) is 4. The average molecular weight is 353 g/mol. The number of nitrogens with zero attached hydrogens (tertiary/aromatic N) is 1. The van der Waals surface area contributed by atoms with Gasteiger partial charge in [0.05, 0.1) is 18.8 Å². The number of benzene rings is 2. The lowest BCUT2D eigenvalue weighted by Gasteiger charge is -2.24. The Labute approximate surface area is 153 Å². The first-order valence-corrected chi connectivity index (χ1v) is 8.39. The van der Waals surface area contributed by atoms with Crippen LogP contribution >= 0.6 is 0 Å². The van der Waals surface area contributed by atoms with Gasteiger partial charge in [0, 0.05) is 17.2 Å². The van der Waals surface area contributed by atoms with E-state index in [1.165, 1.54) is 0 Å². The number of amides is 2. The number of ketones is 1. The Hall–Kier alpha value is -2.99. The highest BCUT2D eigenvalue weighted by Crippen LogP contribution is 2.19. The van der Waals surface area contributed by atoms with Gasteiger partial charge in [-0.2, -0.15) is 0 Å². The number of para-hydroxylation sites is 1. The fraction of sp³-hybridized carbons (Fsp3) is 0.250. The summed E-state index contributed by atoms with van der Waals surface area (Å²) in [6.45, 7) is 3.76. The number of rotatable bonds is 8. The Bertz CT molecular complexity index is 788. The van der Waals surface area contributed by atoms with Crippen molar-refractivity contribution in [1.29, 1.82) is 0 Å². The summed E-state index contributed by atoms with van der Waals surface area (Å²) in [5, 5.41) is 2.77. The molecule has 0 aliphatic heterocycles. The third-order valence-electron chi connectivity index (χ3n) is 3.92. The summed E-state index contributed by atoms with van der Waals surface area (Å²) in [6.07, 6.45) is 0. The van der Waals surface area contributed by atoms with E-state index < -0.39 is 5.91 Å².